The quantitative estimate of drug-likeness (QED) is 0.449. The average molecular weight is 494 g/mol. The molecule has 9 heteroatoms. The second kappa shape index (κ2) is 9.87. The van der Waals surface area contributed by atoms with E-state index >= 15 is 0 Å². The second-order valence-corrected chi connectivity index (χ2v) is 10.4. The molecule has 0 fully saturated rings. The van der Waals surface area contributed by atoms with Crippen LogP contribution < -0.4 is 10.6 Å². The molecule has 0 aliphatic heterocycles. The molecule has 1 aliphatic carbocycles. The molecule has 0 unspecified atom stereocenters. The van der Waals surface area contributed by atoms with Crippen molar-refractivity contribution in [3.63, 3.8) is 0 Å². The summed E-state index contributed by atoms with van der Waals surface area (Å²) in [5, 5.41) is 16.3. The van der Waals surface area contributed by atoms with Gasteiger partial charge in [0.2, 0.25) is 5.91 Å². The minimum atomic E-state index is -1.12. The molecule has 0 bridgehead atoms. The van der Waals surface area contributed by atoms with Gasteiger partial charge < -0.3 is 20.5 Å². The van der Waals surface area contributed by atoms with Crippen molar-refractivity contribution in [3.8, 4) is 11.1 Å². The maximum atomic E-state index is 12.9. The van der Waals surface area contributed by atoms with Crippen LogP contribution in [0.1, 0.15) is 53.3 Å². The Hall–Kier alpha value is -3.72. The van der Waals surface area contributed by atoms with E-state index in [9.17, 15) is 14.4 Å². The summed E-state index contributed by atoms with van der Waals surface area (Å²) >= 11 is 1.15. The molecule has 2 amide bonds. The topological polar surface area (TPSA) is 118 Å². The third-order valence-corrected chi connectivity index (χ3v) is 6.77. The molecule has 1 atom stereocenters. The summed E-state index contributed by atoms with van der Waals surface area (Å²) in [6, 6.07) is 15.3. The van der Waals surface area contributed by atoms with E-state index < -0.39 is 29.4 Å². The summed E-state index contributed by atoms with van der Waals surface area (Å²) in [5.74, 6) is -1.61. The number of rotatable bonds is 7. The first-order chi connectivity index (χ1) is 16.6. The number of aromatic carboxylic acids is 1. The molecule has 2 aromatic carbocycles. The van der Waals surface area contributed by atoms with Gasteiger partial charge in [-0.2, -0.15) is 0 Å². The lowest BCUT2D eigenvalue weighted by Crippen LogP contribution is -2.53. The van der Waals surface area contributed by atoms with E-state index in [1.807, 2.05) is 57.2 Å². The number of nitrogens with zero attached hydrogens (tertiary/aromatic N) is 1. The Balaban J connectivity index is 1.39. The molecule has 182 valence electrons. The number of hydrogen-bond donors (Lipinski definition) is 3. The van der Waals surface area contributed by atoms with Gasteiger partial charge in [-0.3, -0.25) is 4.79 Å². The number of amides is 2. The molecule has 1 heterocycles. The number of ether oxygens (including phenoxy) is 1. The highest BCUT2D eigenvalue weighted by Gasteiger charge is 2.34. The van der Waals surface area contributed by atoms with Gasteiger partial charge in [0.15, 0.2) is 5.69 Å². The van der Waals surface area contributed by atoms with E-state index in [2.05, 4.69) is 27.8 Å². The standard InChI is InChI=1S/C26H27N3O5S/c1-26(2,3)22(23(30)27-12-21-28-20(14-35-21)24(31)32)29-25(33)34-13-19-17-10-6-4-8-15(17)16-9-5-7-11-18(16)19/h4-11,14,19,22H,12-13H2,1-3H3,(H,27,30)(H,29,33)(H,31,32)/t22-/m1/s1. The molecule has 35 heavy (non-hydrogen) atoms. The van der Waals surface area contributed by atoms with Crippen LogP contribution in [0, 0.1) is 5.41 Å². The highest BCUT2D eigenvalue weighted by atomic mass is 32.1. The monoisotopic (exact) mass is 493 g/mol. The molecule has 8 nitrogen and oxygen atoms in total. The van der Waals surface area contributed by atoms with Crippen LogP contribution in [0.15, 0.2) is 53.9 Å². The van der Waals surface area contributed by atoms with E-state index in [4.69, 9.17) is 9.84 Å². The number of carbonyl (C=O) groups is 3. The van der Waals surface area contributed by atoms with Gasteiger partial charge in [0.1, 0.15) is 17.7 Å². The minimum absolute atomic E-state index is 0.0652. The number of nitrogens with one attached hydrogen (secondary N) is 2. The number of carboxylic acid groups (broad SMARTS) is 1. The van der Waals surface area contributed by atoms with E-state index in [0.717, 1.165) is 33.6 Å². The van der Waals surface area contributed by atoms with Crippen LogP contribution in [0.5, 0.6) is 0 Å². The molecular formula is C26H27N3O5S. The third kappa shape index (κ3) is 5.35. The van der Waals surface area contributed by atoms with Crippen LogP contribution in [-0.2, 0) is 16.1 Å². The molecule has 0 radical (unpaired) electrons. The number of aromatic nitrogens is 1. The largest absolute Gasteiger partial charge is 0.476 e. The Kier molecular flexibility index (Phi) is 6.88. The van der Waals surface area contributed by atoms with Gasteiger partial charge in [0.05, 0.1) is 6.54 Å². The van der Waals surface area contributed by atoms with Gasteiger partial charge in [0.25, 0.3) is 0 Å². The van der Waals surface area contributed by atoms with Gasteiger partial charge >= 0.3 is 12.1 Å². The maximum Gasteiger partial charge on any atom is 0.407 e. The van der Waals surface area contributed by atoms with Gasteiger partial charge in [-0.1, -0.05) is 69.3 Å². The first-order valence-electron chi connectivity index (χ1n) is 11.2. The number of carboxylic acids is 1. The van der Waals surface area contributed by atoms with Crippen molar-refractivity contribution in [2.45, 2.75) is 39.3 Å². The fourth-order valence-electron chi connectivity index (χ4n) is 4.19. The Bertz CT molecular complexity index is 1220. The van der Waals surface area contributed by atoms with Crippen molar-refractivity contribution >= 4 is 29.3 Å². The Morgan fingerprint density at radius 3 is 2.20 bits per heavy atom. The van der Waals surface area contributed by atoms with Crippen molar-refractivity contribution in [3.05, 3.63) is 75.7 Å². The van der Waals surface area contributed by atoms with Crippen LogP contribution in [0.3, 0.4) is 0 Å². The third-order valence-electron chi connectivity index (χ3n) is 5.92. The summed E-state index contributed by atoms with van der Waals surface area (Å²) in [4.78, 5) is 40.6. The molecule has 4 rings (SSSR count). The van der Waals surface area contributed by atoms with Gasteiger partial charge in [0, 0.05) is 11.3 Å². The van der Waals surface area contributed by atoms with Crippen molar-refractivity contribution in [2.24, 2.45) is 5.41 Å². The highest BCUT2D eigenvalue weighted by molar-refractivity contribution is 7.09. The first kappa shape index (κ1) is 24.4. The highest BCUT2D eigenvalue weighted by Crippen LogP contribution is 2.44. The van der Waals surface area contributed by atoms with Crippen LogP contribution in [0.25, 0.3) is 11.1 Å². The van der Waals surface area contributed by atoms with Gasteiger partial charge in [-0.15, -0.1) is 11.3 Å². The van der Waals surface area contributed by atoms with Crippen molar-refractivity contribution < 1.29 is 24.2 Å². The lowest BCUT2D eigenvalue weighted by atomic mass is 9.86. The van der Waals surface area contributed by atoms with E-state index in [1.165, 1.54) is 5.38 Å². The molecule has 1 aliphatic rings. The lowest BCUT2D eigenvalue weighted by molar-refractivity contribution is -0.125. The number of carbonyl (C=O) groups excluding carboxylic acids is 2. The van der Waals surface area contributed by atoms with Gasteiger partial charge in [-0.25, -0.2) is 14.6 Å². The molecule has 0 saturated heterocycles. The van der Waals surface area contributed by atoms with E-state index in [-0.39, 0.29) is 24.8 Å². The van der Waals surface area contributed by atoms with Crippen molar-refractivity contribution in [1.29, 1.82) is 0 Å². The average Bonchev–Trinajstić information content (AvgIpc) is 3.42. The number of thiazole rings is 1. The number of alkyl carbamates (subject to hydrolysis) is 1. The molecule has 3 N–H and O–H groups in total. The van der Waals surface area contributed by atoms with E-state index in [1.54, 1.807) is 0 Å². The van der Waals surface area contributed by atoms with Crippen LogP contribution in [0.2, 0.25) is 0 Å². The van der Waals surface area contributed by atoms with Crippen LogP contribution >= 0.6 is 11.3 Å². The Morgan fingerprint density at radius 1 is 1.06 bits per heavy atom. The van der Waals surface area contributed by atoms with E-state index in [0.29, 0.717) is 5.01 Å². The molecule has 3 aromatic rings. The summed E-state index contributed by atoms with van der Waals surface area (Å²) in [6.45, 7) is 5.73. The van der Waals surface area contributed by atoms with Crippen LogP contribution in [-0.4, -0.2) is 40.7 Å². The predicted octanol–water partition coefficient (Wildman–Crippen LogP) is 4.41. The van der Waals surface area contributed by atoms with Crippen molar-refractivity contribution in [2.75, 3.05) is 6.61 Å². The predicted molar refractivity (Wildman–Crippen MR) is 132 cm³/mol. The molecule has 1 aromatic heterocycles. The Morgan fingerprint density at radius 2 is 1.66 bits per heavy atom. The summed E-state index contributed by atoms with van der Waals surface area (Å²) < 4.78 is 5.60. The molecule has 0 saturated carbocycles. The SMILES string of the molecule is CC(C)(C)[C@H](NC(=O)OCC1c2ccccc2-c2ccccc21)C(=O)NCc1nc(C(=O)O)cs1. The second-order valence-electron chi connectivity index (χ2n) is 9.42. The smallest absolute Gasteiger partial charge is 0.407 e. The Labute approximate surface area is 207 Å². The normalized spacial score (nSPS) is 13.5. The zero-order valence-electron chi connectivity index (χ0n) is 19.7. The fourth-order valence-corrected chi connectivity index (χ4v) is 4.90. The zero-order chi connectivity index (χ0) is 25.2. The summed E-state index contributed by atoms with van der Waals surface area (Å²) in [5.41, 5.74) is 3.83. The maximum absolute atomic E-state index is 12.9. The number of hydrogen-bond acceptors (Lipinski definition) is 6. The minimum Gasteiger partial charge on any atom is -0.476 e. The fraction of sp³-hybridized carbons (Fsp3) is 0.308. The zero-order valence-corrected chi connectivity index (χ0v) is 20.5. The van der Waals surface area contributed by atoms with Crippen LogP contribution in [0.4, 0.5) is 4.79 Å². The number of fused-ring (bicyclic) bond motifs is 3. The summed E-state index contributed by atoms with van der Waals surface area (Å²) in [6.07, 6.45) is -0.677. The summed E-state index contributed by atoms with van der Waals surface area (Å²) in [7, 11) is 0. The number of benzene rings is 2. The van der Waals surface area contributed by atoms with Gasteiger partial charge in [-0.05, 0) is 27.7 Å². The molecule has 0 spiro atoms. The molecular weight excluding hydrogens is 466 g/mol. The first-order valence-corrected chi connectivity index (χ1v) is 12.1. The lowest BCUT2D eigenvalue weighted by Gasteiger charge is -2.30. The van der Waals surface area contributed by atoms with Crippen molar-refractivity contribution in [1.82, 2.24) is 15.6 Å².